The zero-order valence-corrected chi connectivity index (χ0v) is 11.9. The highest BCUT2D eigenvalue weighted by Gasteiger charge is 2.42. The molecule has 1 saturated carbocycles. The Morgan fingerprint density at radius 2 is 1.95 bits per heavy atom. The van der Waals surface area contributed by atoms with Gasteiger partial charge in [-0.2, -0.15) is 0 Å². The predicted molar refractivity (Wildman–Crippen MR) is 74.8 cm³/mol. The van der Waals surface area contributed by atoms with Crippen molar-refractivity contribution in [2.75, 3.05) is 21.2 Å². The number of hydrogen-bond donors (Lipinski definition) is 1. The fourth-order valence-electron chi connectivity index (χ4n) is 3.20. The Kier molecular flexibility index (Phi) is 4.11. The second-order valence-corrected chi connectivity index (χ2v) is 5.57. The largest absolute Gasteiger partial charge is 0.497 e. The maximum absolute atomic E-state index is 14.2. The third kappa shape index (κ3) is 2.47. The van der Waals surface area contributed by atoms with E-state index in [-0.39, 0.29) is 17.4 Å². The standard InChI is InChI=1S/C15H23FN2O/c1-18(2)15(8-4-5-9-15)14(17)12-7-6-11(19-3)10-13(12)16/h6-7,10,14H,4-5,8-9,17H2,1-3H3. The molecule has 0 aromatic heterocycles. The van der Waals surface area contributed by atoms with Crippen LogP contribution < -0.4 is 10.5 Å². The van der Waals surface area contributed by atoms with Crippen molar-refractivity contribution in [1.82, 2.24) is 4.90 Å². The van der Waals surface area contributed by atoms with Gasteiger partial charge in [-0.15, -0.1) is 0 Å². The lowest BCUT2D eigenvalue weighted by atomic mass is 9.83. The fourth-order valence-corrected chi connectivity index (χ4v) is 3.20. The van der Waals surface area contributed by atoms with Crippen LogP contribution in [0.5, 0.6) is 5.75 Å². The van der Waals surface area contributed by atoms with E-state index in [9.17, 15) is 4.39 Å². The Morgan fingerprint density at radius 1 is 1.32 bits per heavy atom. The minimum Gasteiger partial charge on any atom is -0.497 e. The lowest BCUT2D eigenvalue weighted by molar-refractivity contribution is 0.121. The molecule has 0 saturated heterocycles. The van der Waals surface area contributed by atoms with E-state index in [0.717, 1.165) is 25.7 Å². The number of methoxy groups -OCH3 is 1. The summed E-state index contributed by atoms with van der Waals surface area (Å²) in [6.45, 7) is 0. The third-order valence-electron chi connectivity index (χ3n) is 4.48. The van der Waals surface area contributed by atoms with Gasteiger partial charge in [0.05, 0.1) is 13.2 Å². The summed E-state index contributed by atoms with van der Waals surface area (Å²) in [6.07, 6.45) is 4.35. The van der Waals surface area contributed by atoms with Crippen LogP contribution in [0.2, 0.25) is 0 Å². The van der Waals surface area contributed by atoms with E-state index in [1.165, 1.54) is 13.2 Å². The minimum absolute atomic E-state index is 0.130. The molecule has 0 bridgehead atoms. The maximum Gasteiger partial charge on any atom is 0.131 e. The molecule has 1 aliphatic rings. The summed E-state index contributed by atoms with van der Waals surface area (Å²) in [5, 5.41) is 0. The molecule has 0 heterocycles. The number of rotatable bonds is 4. The van der Waals surface area contributed by atoms with Crippen LogP contribution in [0.1, 0.15) is 37.3 Å². The minimum atomic E-state index is -0.309. The molecular formula is C15H23FN2O. The van der Waals surface area contributed by atoms with Gasteiger partial charge in [0.15, 0.2) is 0 Å². The SMILES string of the molecule is COc1ccc(C(N)C2(N(C)C)CCCC2)c(F)c1. The predicted octanol–water partition coefficient (Wildman–Crippen LogP) is 2.71. The van der Waals surface area contributed by atoms with Crippen molar-refractivity contribution in [2.24, 2.45) is 5.73 Å². The van der Waals surface area contributed by atoms with Gasteiger partial charge in [-0.3, -0.25) is 0 Å². The van der Waals surface area contributed by atoms with Gasteiger partial charge < -0.3 is 15.4 Å². The Balaban J connectivity index is 2.34. The van der Waals surface area contributed by atoms with Crippen molar-refractivity contribution in [3.8, 4) is 5.75 Å². The topological polar surface area (TPSA) is 38.5 Å². The van der Waals surface area contributed by atoms with E-state index < -0.39 is 0 Å². The van der Waals surface area contributed by atoms with Crippen LogP contribution in [-0.4, -0.2) is 31.6 Å². The summed E-state index contributed by atoms with van der Waals surface area (Å²) >= 11 is 0. The molecule has 0 spiro atoms. The van der Waals surface area contributed by atoms with Gasteiger partial charge in [-0.1, -0.05) is 18.9 Å². The van der Waals surface area contributed by atoms with Crippen LogP contribution in [0.15, 0.2) is 18.2 Å². The number of nitrogens with zero attached hydrogens (tertiary/aromatic N) is 1. The zero-order valence-electron chi connectivity index (χ0n) is 11.9. The first-order valence-corrected chi connectivity index (χ1v) is 6.78. The van der Waals surface area contributed by atoms with Gasteiger partial charge in [-0.25, -0.2) is 4.39 Å². The first-order valence-electron chi connectivity index (χ1n) is 6.78. The molecule has 1 unspecified atom stereocenters. The molecule has 0 amide bonds. The molecule has 2 N–H and O–H groups in total. The molecule has 1 aromatic rings. The van der Waals surface area contributed by atoms with Gasteiger partial charge >= 0.3 is 0 Å². The van der Waals surface area contributed by atoms with E-state index in [0.29, 0.717) is 11.3 Å². The summed E-state index contributed by atoms with van der Waals surface area (Å²) in [5.41, 5.74) is 6.86. The quantitative estimate of drug-likeness (QED) is 0.910. The molecule has 0 aliphatic heterocycles. The maximum atomic E-state index is 14.2. The normalized spacial score (nSPS) is 19.7. The van der Waals surface area contributed by atoms with Crippen LogP contribution in [0.4, 0.5) is 4.39 Å². The number of nitrogens with two attached hydrogens (primary N) is 1. The second kappa shape index (κ2) is 5.47. The van der Waals surface area contributed by atoms with Gasteiger partial charge in [0.25, 0.3) is 0 Å². The molecular weight excluding hydrogens is 243 g/mol. The number of halogens is 1. The van der Waals surface area contributed by atoms with Crippen molar-refractivity contribution in [2.45, 2.75) is 37.3 Å². The van der Waals surface area contributed by atoms with E-state index >= 15 is 0 Å². The van der Waals surface area contributed by atoms with E-state index in [1.807, 2.05) is 14.1 Å². The summed E-state index contributed by atoms with van der Waals surface area (Å²) in [7, 11) is 5.60. The van der Waals surface area contributed by atoms with Crippen molar-refractivity contribution < 1.29 is 9.13 Å². The number of likely N-dealkylation sites (N-methyl/N-ethyl adjacent to an activating group) is 1. The molecule has 3 nitrogen and oxygen atoms in total. The molecule has 1 fully saturated rings. The smallest absolute Gasteiger partial charge is 0.131 e. The fraction of sp³-hybridized carbons (Fsp3) is 0.600. The highest BCUT2D eigenvalue weighted by atomic mass is 19.1. The third-order valence-corrected chi connectivity index (χ3v) is 4.48. The first-order chi connectivity index (χ1) is 9.01. The number of benzene rings is 1. The highest BCUT2D eigenvalue weighted by molar-refractivity contribution is 5.32. The average Bonchev–Trinajstić information content (AvgIpc) is 2.88. The lowest BCUT2D eigenvalue weighted by Gasteiger charge is -2.41. The van der Waals surface area contributed by atoms with E-state index in [4.69, 9.17) is 10.5 Å². The molecule has 1 atom stereocenters. The van der Waals surface area contributed by atoms with Gasteiger partial charge in [0.2, 0.25) is 0 Å². The molecule has 0 radical (unpaired) electrons. The summed E-state index contributed by atoms with van der Waals surface area (Å²) in [6, 6.07) is 4.63. The average molecular weight is 266 g/mol. The zero-order chi connectivity index (χ0) is 14.0. The second-order valence-electron chi connectivity index (χ2n) is 5.57. The monoisotopic (exact) mass is 266 g/mol. The molecule has 1 aromatic carbocycles. The Morgan fingerprint density at radius 3 is 2.42 bits per heavy atom. The van der Waals surface area contributed by atoms with Gasteiger partial charge in [0, 0.05) is 17.2 Å². The van der Waals surface area contributed by atoms with Crippen molar-refractivity contribution >= 4 is 0 Å². The molecule has 19 heavy (non-hydrogen) atoms. The Hall–Kier alpha value is -1.13. The summed E-state index contributed by atoms with van der Waals surface area (Å²) in [5.74, 6) is 0.249. The van der Waals surface area contributed by atoms with E-state index in [2.05, 4.69) is 4.90 Å². The molecule has 2 rings (SSSR count). The first kappa shape index (κ1) is 14.3. The lowest BCUT2D eigenvalue weighted by Crippen LogP contribution is -2.50. The van der Waals surface area contributed by atoms with Crippen LogP contribution in [0, 0.1) is 5.82 Å². The summed E-state index contributed by atoms with van der Waals surface area (Å²) in [4.78, 5) is 2.16. The van der Waals surface area contributed by atoms with Crippen molar-refractivity contribution in [3.05, 3.63) is 29.6 Å². The Labute approximate surface area is 114 Å². The van der Waals surface area contributed by atoms with Crippen molar-refractivity contribution in [3.63, 3.8) is 0 Å². The molecule has 1 aliphatic carbocycles. The summed E-state index contributed by atoms with van der Waals surface area (Å²) < 4.78 is 19.2. The number of ether oxygens (including phenoxy) is 1. The van der Waals surface area contributed by atoms with Crippen LogP contribution >= 0.6 is 0 Å². The highest BCUT2D eigenvalue weighted by Crippen LogP contribution is 2.42. The van der Waals surface area contributed by atoms with E-state index in [1.54, 1.807) is 12.1 Å². The molecule has 106 valence electrons. The van der Waals surface area contributed by atoms with Crippen molar-refractivity contribution in [1.29, 1.82) is 0 Å². The van der Waals surface area contributed by atoms with Crippen LogP contribution in [-0.2, 0) is 0 Å². The molecule has 4 heteroatoms. The van der Waals surface area contributed by atoms with Crippen LogP contribution in [0.3, 0.4) is 0 Å². The Bertz CT molecular complexity index is 442. The number of hydrogen-bond acceptors (Lipinski definition) is 3. The van der Waals surface area contributed by atoms with Crippen LogP contribution in [0.25, 0.3) is 0 Å². The van der Waals surface area contributed by atoms with Gasteiger partial charge in [0.1, 0.15) is 11.6 Å². The van der Waals surface area contributed by atoms with Gasteiger partial charge in [-0.05, 0) is 33.0 Å².